The van der Waals surface area contributed by atoms with Crippen LogP contribution in [0, 0.1) is 0 Å². The number of benzene rings is 1. The van der Waals surface area contributed by atoms with E-state index in [1.54, 1.807) is 18.2 Å². The molecule has 0 saturated heterocycles. The second-order valence-corrected chi connectivity index (χ2v) is 5.70. The van der Waals surface area contributed by atoms with Crippen LogP contribution in [0.15, 0.2) is 24.3 Å². The molecule has 0 bridgehead atoms. The zero-order valence-electron chi connectivity index (χ0n) is 10.5. The summed E-state index contributed by atoms with van der Waals surface area (Å²) in [4.78, 5) is 11.2. The van der Waals surface area contributed by atoms with E-state index in [1.165, 1.54) is 20.1 Å². The highest BCUT2D eigenvalue weighted by Crippen LogP contribution is 2.24. The number of amides is 1. The maximum atomic E-state index is 11.8. The van der Waals surface area contributed by atoms with Crippen molar-refractivity contribution in [3.63, 3.8) is 0 Å². The number of sulfonamides is 1. The van der Waals surface area contributed by atoms with Crippen LogP contribution in [-0.4, -0.2) is 33.7 Å². The van der Waals surface area contributed by atoms with Crippen molar-refractivity contribution in [1.29, 1.82) is 0 Å². The van der Waals surface area contributed by atoms with Gasteiger partial charge >= 0.3 is 0 Å². The van der Waals surface area contributed by atoms with Gasteiger partial charge in [-0.15, -0.1) is 0 Å². The standard InChI is InChI=1S/C11H16N2O4S/c1-8(11(12)14)13(18(3,15)16)9-5-4-6-10(7-9)17-2/h4-8H,1-3H3,(H2,12,14). The number of nitrogens with zero attached hydrogens (tertiary/aromatic N) is 1. The van der Waals surface area contributed by atoms with Crippen molar-refractivity contribution >= 4 is 21.6 Å². The summed E-state index contributed by atoms with van der Waals surface area (Å²) >= 11 is 0. The van der Waals surface area contributed by atoms with Gasteiger partial charge in [0.15, 0.2) is 0 Å². The fourth-order valence-electron chi connectivity index (χ4n) is 1.57. The zero-order chi connectivity index (χ0) is 13.9. The predicted octanol–water partition coefficient (Wildman–Crippen LogP) is 0.335. The molecule has 0 spiro atoms. The number of hydrogen-bond acceptors (Lipinski definition) is 4. The third-order valence-corrected chi connectivity index (χ3v) is 3.67. The summed E-state index contributed by atoms with van der Waals surface area (Å²) in [5, 5.41) is 0. The Kier molecular flexibility index (Phi) is 4.18. The molecular weight excluding hydrogens is 256 g/mol. The van der Waals surface area contributed by atoms with E-state index < -0.39 is 22.0 Å². The third kappa shape index (κ3) is 3.13. The number of anilines is 1. The van der Waals surface area contributed by atoms with Crippen LogP contribution in [0.1, 0.15) is 6.92 Å². The second kappa shape index (κ2) is 5.26. The minimum atomic E-state index is -3.61. The first-order valence-electron chi connectivity index (χ1n) is 5.20. The molecule has 100 valence electrons. The van der Waals surface area contributed by atoms with E-state index in [4.69, 9.17) is 10.5 Å². The normalized spacial score (nSPS) is 12.8. The Labute approximate surface area is 106 Å². The van der Waals surface area contributed by atoms with Crippen molar-refractivity contribution in [2.45, 2.75) is 13.0 Å². The van der Waals surface area contributed by atoms with Crippen LogP contribution in [0.25, 0.3) is 0 Å². The lowest BCUT2D eigenvalue weighted by Gasteiger charge is -2.27. The molecule has 1 atom stereocenters. The monoisotopic (exact) mass is 272 g/mol. The molecule has 0 fully saturated rings. The molecule has 0 aliphatic carbocycles. The van der Waals surface area contributed by atoms with Crippen molar-refractivity contribution in [3.05, 3.63) is 24.3 Å². The summed E-state index contributed by atoms with van der Waals surface area (Å²) in [7, 11) is -2.14. The summed E-state index contributed by atoms with van der Waals surface area (Å²) in [6.45, 7) is 1.43. The number of methoxy groups -OCH3 is 1. The van der Waals surface area contributed by atoms with Crippen LogP contribution in [0.3, 0.4) is 0 Å². The molecule has 6 nitrogen and oxygen atoms in total. The van der Waals surface area contributed by atoms with Crippen LogP contribution >= 0.6 is 0 Å². The Morgan fingerprint density at radius 3 is 2.50 bits per heavy atom. The maximum absolute atomic E-state index is 11.8. The number of ether oxygens (including phenoxy) is 1. The molecule has 0 heterocycles. The van der Waals surface area contributed by atoms with Crippen molar-refractivity contribution < 1.29 is 17.9 Å². The molecule has 0 radical (unpaired) electrons. The van der Waals surface area contributed by atoms with Gasteiger partial charge in [0.2, 0.25) is 15.9 Å². The van der Waals surface area contributed by atoms with Crippen LogP contribution < -0.4 is 14.8 Å². The number of hydrogen-bond donors (Lipinski definition) is 1. The van der Waals surface area contributed by atoms with E-state index in [2.05, 4.69) is 0 Å². The van der Waals surface area contributed by atoms with Gasteiger partial charge in [0.05, 0.1) is 19.1 Å². The molecule has 18 heavy (non-hydrogen) atoms. The van der Waals surface area contributed by atoms with E-state index in [1.807, 2.05) is 0 Å². The minimum Gasteiger partial charge on any atom is -0.497 e. The van der Waals surface area contributed by atoms with E-state index in [-0.39, 0.29) is 0 Å². The smallest absolute Gasteiger partial charge is 0.241 e. The number of nitrogens with two attached hydrogens (primary N) is 1. The minimum absolute atomic E-state index is 0.336. The average molecular weight is 272 g/mol. The zero-order valence-corrected chi connectivity index (χ0v) is 11.3. The molecule has 1 rings (SSSR count). The molecule has 0 aliphatic rings. The number of carbonyl (C=O) groups is 1. The largest absolute Gasteiger partial charge is 0.497 e. The first-order chi connectivity index (χ1) is 8.27. The van der Waals surface area contributed by atoms with Crippen LogP contribution in [0.4, 0.5) is 5.69 Å². The van der Waals surface area contributed by atoms with Gasteiger partial charge in [0.25, 0.3) is 0 Å². The van der Waals surface area contributed by atoms with Crippen molar-refractivity contribution in [3.8, 4) is 5.75 Å². The summed E-state index contributed by atoms with van der Waals surface area (Å²) < 4.78 is 29.5. The topological polar surface area (TPSA) is 89.7 Å². The Bertz CT molecular complexity index is 542. The maximum Gasteiger partial charge on any atom is 0.241 e. The van der Waals surface area contributed by atoms with Gasteiger partial charge in [-0.25, -0.2) is 8.42 Å². The quantitative estimate of drug-likeness (QED) is 0.836. The van der Waals surface area contributed by atoms with E-state index in [0.717, 1.165) is 10.6 Å². The molecule has 0 aliphatic heterocycles. The van der Waals surface area contributed by atoms with E-state index in [0.29, 0.717) is 11.4 Å². The fraction of sp³-hybridized carbons (Fsp3) is 0.364. The molecule has 0 aromatic heterocycles. The van der Waals surface area contributed by atoms with Gasteiger partial charge in [-0.1, -0.05) is 6.07 Å². The SMILES string of the molecule is COc1cccc(N(C(C)C(N)=O)S(C)(=O)=O)c1. The summed E-state index contributed by atoms with van der Waals surface area (Å²) in [5.74, 6) is -0.221. The molecule has 1 unspecified atom stereocenters. The van der Waals surface area contributed by atoms with Crippen molar-refractivity contribution in [2.24, 2.45) is 5.73 Å². The number of primary amides is 1. The van der Waals surface area contributed by atoms with Gasteiger partial charge in [0, 0.05) is 6.07 Å². The molecule has 1 amide bonds. The third-order valence-electron chi connectivity index (χ3n) is 2.43. The second-order valence-electron chi connectivity index (χ2n) is 3.84. The first-order valence-corrected chi connectivity index (χ1v) is 7.05. The molecule has 1 aromatic rings. The fourth-order valence-corrected chi connectivity index (χ4v) is 2.74. The van der Waals surface area contributed by atoms with Crippen LogP contribution in [-0.2, 0) is 14.8 Å². The van der Waals surface area contributed by atoms with E-state index in [9.17, 15) is 13.2 Å². The Morgan fingerprint density at radius 2 is 2.06 bits per heavy atom. The molecule has 0 saturated carbocycles. The molecule has 2 N–H and O–H groups in total. The lowest BCUT2D eigenvalue weighted by Crippen LogP contribution is -2.45. The van der Waals surface area contributed by atoms with E-state index >= 15 is 0 Å². The highest BCUT2D eigenvalue weighted by molar-refractivity contribution is 7.92. The van der Waals surface area contributed by atoms with Crippen LogP contribution in [0.2, 0.25) is 0 Å². The highest BCUT2D eigenvalue weighted by Gasteiger charge is 2.27. The Hall–Kier alpha value is -1.76. The Morgan fingerprint density at radius 1 is 1.44 bits per heavy atom. The highest BCUT2D eigenvalue weighted by atomic mass is 32.2. The number of rotatable bonds is 5. The van der Waals surface area contributed by atoms with Gasteiger partial charge in [-0.2, -0.15) is 0 Å². The average Bonchev–Trinajstić information content (AvgIpc) is 2.27. The lowest BCUT2D eigenvalue weighted by molar-refractivity contribution is -0.118. The van der Waals surface area contributed by atoms with Crippen molar-refractivity contribution in [2.75, 3.05) is 17.7 Å². The van der Waals surface area contributed by atoms with Gasteiger partial charge in [-0.3, -0.25) is 9.10 Å². The van der Waals surface area contributed by atoms with Gasteiger partial charge < -0.3 is 10.5 Å². The lowest BCUT2D eigenvalue weighted by atomic mass is 10.2. The Balaban J connectivity index is 3.30. The number of carbonyl (C=O) groups excluding carboxylic acids is 1. The molecule has 1 aromatic carbocycles. The summed E-state index contributed by atoms with van der Waals surface area (Å²) in [6, 6.07) is 5.45. The van der Waals surface area contributed by atoms with Crippen molar-refractivity contribution in [1.82, 2.24) is 0 Å². The summed E-state index contributed by atoms with van der Waals surface area (Å²) in [5.41, 5.74) is 5.50. The molecule has 7 heteroatoms. The first kappa shape index (κ1) is 14.3. The summed E-state index contributed by atoms with van der Waals surface area (Å²) in [6.07, 6.45) is 1.02. The van der Waals surface area contributed by atoms with Gasteiger partial charge in [0.1, 0.15) is 11.8 Å². The predicted molar refractivity (Wildman–Crippen MR) is 69.0 cm³/mol. The van der Waals surface area contributed by atoms with Crippen LogP contribution in [0.5, 0.6) is 5.75 Å². The molecular formula is C11H16N2O4S. The van der Waals surface area contributed by atoms with Gasteiger partial charge in [-0.05, 0) is 19.1 Å².